The van der Waals surface area contributed by atoms with Crippen LogP contribution in [0.15, 0.2) is 95.7 Å². The standard InChI is InChI=1S/C42H41Cl2N3O9/c1-52-36-12-11-27(18-37(36)53-2)31(20-33-34(43)21-47(51)22-35(33)44)32-19-30(55-40(32)41(48)49)24-54-29-10-6-9-28(17-29)39(26-7-4-3-5-8-26)45-42(50)56-38-23-46-15-13-25(38)14-16-46/h3-12,17-19,21-22,25,31,38-39H,13-16,20,23-24H2,1-2H3,(H2-,45,48,49,50,51)/p+1/t31?,38-,39-/m0/s1. The number of rotatable bonds is 14. The number of aromatic nitrogens is 1. The van der Waals surface area contributed by atoms with Gasteiger partial charge in [-0.15, -0.1) is 0 Å². The average molecular weight is 804 g/mol. The Kier molecular flexibility index (Phi) is 11.9. The van der Waals surface area contributed by atoms with E-state index in [1.54, 1.807) is 30.3 Å². The first-order valence-electron chi connectivity index (χ1n) is 18.2. The van der Waals surface area contributed by atoms with Crippen molar-refractivity contribution in [3.8, 4) is 17.2 Å². The Hall–Kier alpha value is -5.43. The molecule has 8 rings (SSSR count). The molecular formula is C42H42Cl2N3O9+. The van der Waals surface area contributed by atoms with Crippen LogP contribution in [0.5, 0.6) is 17.2 Å². The Morgan fingerprint density at radius 2 is 1.62 bits per heavy atom. The van der Waals surface area contributed by atoms with Crippen LogP contribution in [0, 0.1) is 5.92 Å². The zero-order chi connectivity index (χ0) is 39.3. The maximum absolute atomic E-state index is 13.3. The van der Waals surface area contributed by atoms with Gasteiger partial charge in [-0.1, -0.05) is 71.7 Å². The maximum Gasteiger partial charge on any atom is 0.408 e. The number of fused-ring (bicyclic) bond motifs is 3. The van der Waals surface area contributed by atoms with E-state index in [0.717, 1.165) is 48.3 Å². The number of nitrogens with zero attached hydrogens (tertiary/aromatic N) is 2. The first kappa shape index (κ1) is 38.8. The number of pyridine rings is 1. The number of amides is 1. The fourth-order valence-electron chi connectivity index (χ4n) is 7.65. The molecule has 0 radical (unpaired) electrons. The van der Waals surface area contributed by atoms with Crippen LogP contribution in [-0.2, 0) is 17.8 Å². The summed E-state index contributed by atoms with van der Waals surface area (Å²) in [5.74, 6) is -0.180. The van der Waals surface area contributed by atoms with Crippen molar-refractivity contribution in [2.24, 2.45) is 5.92 Å². The van der Waals surface area contributed by atoms with E-state index in [4.69, 9.17) is 46.6 Å². The van der Waals surface area contributed by atoms with Crippen molar-refractivity contribution in [1.29, 1.82) is 0 Å². The van der Waals surface area contributed by atoms with Crippen LogP contribution in [0.3, 0.4) is 0 Å². The molecule has 3 aliphatic heterocycles. The van der Waals surface area contributed by atoms with Crippen molar-refractivity contribution in [2.75, 3.05) is 33.9 Å². The van der Waals surface area contributed by atoms with Crippen molar-refractivity contribution in [2.45, 2.75) is 43.9 Å². The summed E-state index contributed by atoms with van der Waals surface area (Å²) in [4.78, 5) is 28.4. The summed E-state index contributed by atoms with van der Waals surface area (Å²) in [5, 5.41) is 23.8. The maximum atomic E-state index is 13.3. The molecule has 3 N–H and O–H groups in total. The second kappa shape index (κ2) is 17.2. The smallest absolute Gasteiger partial charge is 0.408 e. The molecule has 2 bridgehead atoms. The molecule has 0 spiro atoms. The van der Waals surface area contributed by atoms with Gasteiger partial charge in [0.25, 0.3) is 0 Å². The Labute approximate surface area is 334 Å². The number of nitrogens with one attached hydrogen (secondary N) is 1. The van der Waals surface area contributed by atoms with Crippen molar-refractivity contribution < 1.29 is 48.0 Å². The zero-order valence-corrected chi connectivity index (χ0v) is 32.3. The molecule has 3 aromatic carbocycles. The summed E-state index contributed by atoms with van der Waals surface area (Å²) >= 11 is 13.1. The minimum Gasteiger partial charge on any atom is -0.493 e. The first-order chi connectivity index (χ1) is 27.1. The van der Waals surface area contributed by atoms with Gasteiger partial charge in [-0.2, -0.15) is 0 Å². The number of methoxy groups -OCH3 is 2. The lowest BCUT2D eigenvalue weighted by molar-refractivity contribution is -0.904. The minimum absolute atomic E-state index is 0.106. The van der Waals surface area contributed by atoms with E-state index in [1.807, 2.05) is 48.5 Å². The predicted molar refractivity (Wildman–Crippen MR) is 206 cm³/mol. The minimum atomic E-state index is -1.28. The van der Waals surface area contributed by atoms with Crippen LogP contribution in [0.25, 0.3) is 0 Å². The Bertz CT molecular complexity index is 2170. The van der Waals surface area contributed by atoms with E-state index in [1.165, 1.54) is 26.6 Å². The van der Waals surface area contributed by atoms with Gasteiger partial charge in [-0.25, -0.2) is 9.59 Å². The van der Waals surface area contributed by atoms with Crippen molar-refractivity contribution in [1.82, 2.24) is 10.2 Å². The van der Waals surface area contributed by atoms with E-state index < -0.39 is 24.0 Å². The van der Waals surface area contributed by atoms with Gasteiger partial charge in [0.2, 0.25) is 18.2 Å². The number of ether oxygens (including phenoxy) is 4. The summed E-state index contributed by atoms with van der Waals surface area (Å²) in [7, 11) is 3.03. The van der Waals surface area contributed by atoms with Gasteiger partial charge in [0.15, 0.2) is 11.5 Å². The normalized spacial score (nSPS) is 18.5. The highest BCUT2D eigenvalue weighted by atomic mass is 35.5. The SMILES string of the molecule is COc1ccc(C(Cc2c(Cl)c[n+](O)cc2Cl)c2cc(COc3cccc([C@@H](NC(=O)O[C@H]4CN5CCC4CC5)c4ccccc4)c3)oc2C(=O)O)cc1OC. The van der Waals surface area contributed by atoms with E-state index in [2.05, 4.69) is 10.2 Å². The molecule has 12 nitrogen and oxygen atoms in total. The van der Waals surface area contributed by atoms with Crippen LogP contribution in [0.4, 0.5) is 4.79 Å². The molecule has 5 aromatic rings. The number of halogens is 2. The zero-order valence-electron chi connectivity index (χ0n) is 30.8. The lowest BCUT2D eigenvalue weighted by Gasteiger charge is -2.43. The van der Waals surface area contributed by atoms with Gasteiger partial charge in [0.05, 0.1) is 20.3 Å². The molecule has 0 saturated carbocycles. The van der Waals surface area contributed by atoms with Crippen LogP contribution in [0.1, 0.15) is 68.9 Å². The predicted octanol–water partition coefficient (Wildman–Crippen LogP) is 7.69. The second-order valence-corrected chi connectivity index (χ2v) is 14.7. The average Bonchev–Trinajstić information content (AvgIpc) is 3.64. The van der Waals surface area contributed by atoms with Crippen LogP contribution < -0.4 is 24.3 Å². The molecule has 14 heteroatoms. The molecule has 3 atom stereocenters. The summed E-state index contributed by atoms with van der Waals surface area (Å²) < 4.78 is 29.9. The van der Waals surface area contributed by atoms with E-state index in [-0.39, 0.29) is 40.7 Å². The molecule has 3 aliphatic rings. The molecule has 1 amide bonds. The number of hydrogen-bond donors (Lipinski definition) is 3. The highest BCUT2D eigenvalue weighted by Gasteiger charge is 2.37. The molecule has 3 saturated heterocycles. The number of carbonyl (C=O) groups is 2. The topological polar surface area (TPSA) is 144 Å². The van der Waals surface area contributed by atoms with Gasteiger partial charge in [-0.05, 0) is 85.3 Å². The third-order valence-electron chi connectivity index (χ3n) is 10.5. The summed E-state index contributed by atoms with van der Waals surface area (Å²) in [6, 6.07) is 23.3. The third-order valence-corrected chi connectivity index (χ3v) is 11.1. The lowest BCUT2D eigenvalue weighted by atomic mass is 9.85. The van der Waals surface area contributed by atoms with Gasteiger partial charge >= 0.3 is 12.1 Å². The third kappa shape index (κ3) is 8.67. The number of piperidine rings is 3. The lowest BCUT2D eigenvalue weighted by Crippen LogP contribution is -2.52. The van der Waals surface area contributed by atoms with Gasteiger partial charge in [0.1, 0.15) is 34.3 Å². The fourth-order valence-corrected chi connectivity index (χ4v) is 8.25. The van der Waals surface area contributed by atoms with Crippen molar-refractivity contribution in [3.05, 3.63) is 141 Å². The Balaban J connectivity index is 1.15. The number of carbonyl (C=O) groups excluding carboxylic acids is 1. The van der Waals surface area contributed by atoms with E-state index in [0.29, 0.717) is 39.9 Å². The van der Waals surface area contributed by atoms with Crippen molar-refractivity contribution >= 4 is 35.3 Å². The molecule has 0 aliphatic carbocycles. The summed E-state index contributed by atoms with van der Waals surface area (Å²) in [6.07, 6.45) is 4.18. The Morgan fingerprint density at radius 3 is 2.29 bits per heavy atom. The van der Waals surface area contributed by atoms with Crippen molar-refractivity contribution in [3.63, 3.8) is 0 Å². The number of benzene rings is 3. The van der Waals surface area contributed by atoms with E-state index >= 15 is 0 Å². The molecule has 1 unspecified atom stereocenters. The first-order valence-corrected chi connectivity index (χ1v) is 19.0. The van der Waals surface area contributed by atoms with Gasteiger partial charge in [0, 0.05) is 28.3 Å². The van der Waals surface area contributed by atoms with Gasteiger partial charge < -0.3 is 33.8 Å². The highest BCUT2D eigenvalue weighted by Crippen LogP contribution is 2.40. The van der Waals surface area contributed by atoms with Crippen LogP contribution >= 0.6 is 23.2 Å². The van der Waals surface area contributed by atoms with Crippen LogP contribution in [0.2, 0.25) is 10.0 Å². The molecule has 2 aromatic heterocycles. The monoisotopic (exact) mass is 802 g/mol. The second-order valence-electron chi connectivity index (χ2n) is 13.9. The molecule has 56 heavy (non-hydrogen) atoms. The molecular weight excluding hydrogens is 761 g/mol. The quantitative estimate of drug-likeness (QED) is 0.0756. The van der Waals surface area contributed by atoms with Crippen LogP contribution in [-0.4, -0.2) is 67.2 Å². The highest BCUT2D eigenvalue weighted by molar-refractivity contribution is 6.35. The molecule has 5 heterocycles. The Morgan fingerprint density at radius 1 is 0.911 bits per heavy atom. The summed E-state index contributed by atoms with van der Waals surface area (Å²) in [6.45, 7) is 2.74. The number of aromatic carboxylic acids is 1. The van der Waals surface area contributed by atoms with Gasteiger partial charge in [-0.3, -0.25) is 10.1 Å². The summed E-state index contributed by atoms with van der Waals surface area (Å²) in [5.41, 5.74) is 3.14. The number of hydrogen-bond acceptors (Lipinski definition) is 9. The largest absolute Gasteiger partial charge is 0.493 e. The number of carboxylic acids is 1. The number of furan rings is 1. The fraction of sp³-hybridized carbons (Fsp3) is 0.310. The molecule has 3 fully saturated rings. The number of carboxylic acid groups (broad SMARTS) is 1. The molecule has 292 valence electrons. The number of alkyl carbamates (subject to hydrolysis) is 1. The van der Waals surface area contributed by atoms with E-state index in [9.17, 15) is 19.9 Å².